The molecule has 0 bridgehead atoms. The van der Waals surface area contributed by atoms with Crippen LogP contribution in [0.5, 0.6) is 0 Å². The Morgan fingerprint density at radius 2 is 2.24 bits per heavy atom. The van der Waals surface area contributed by atoms with Gasteiger partial charge in [0.05, 0.1) is 18.6 Å². The molecule has 0 saturated carbocycles. The van der Waals surface area contributed by atoms with Gasteiger partial charge in [0.15, 0.2) is 0 Å². The number of aromatic nitrogens is 2. The standard InChI is InChI=1S/C13H15N3O3S2/c1-2-15-9-14-11-8-16(6-5-10(11)13(15)17)21(18,19)12-4-3-7-20-12/h3-4,7,9H,2,5-6,8H2,1H3. The highest BCUT2D eigenvalue weighted by Gasteiger charge is 2.30. The van der Waals surface area contributed by atoms with Crippen molar-refractivity contribution in [3.05, 3.63) is 45.5 Å². The average molecular weight is 325 g/mol. The van der Waals surface area contributed by atoms with Crippen LogP contribution in [0.25, 0.3) is 0 Å². The third-order valence-electron chi connectivity index (χ3n) is 3.59. The van der Waals surface area contributed by atoms with Gasteiger partial charge >= 0.3 is 0 Å². The van der Waals surface area contributed by atoms with Crippen LogP contribution < -0.4 is 5.56 Å². The van der Waals surface area contributed by atoms with Gasteiger partial charge in [-0.25, -0.2) is 13.4 Å². The van der Waals surface area contributed by atoms with E-state index in [4.69, 9.17) is 0 Å². The zero-order valence-electron chi connectivity index (χ0n) is 11.5. The summed E-state index contributed by atoms with van der Waals surface area (Å²) in [6, 6.07) is 3.31. The molecule has 0 aliphatic carbocycles. The van der Waals surface area contributed by atoms with Gasteiger partial charge in [0, 0.05) is 18.7 Å². The molecule has 0 N–H and O–H groups in total. The van der Waals surface area contributed by atoms with E-state index in [1.807, 2.05) is 6.92 Å². The van der Waals surface area contributed by atoms with Crippen molar-refractivity contribution in [3.63, 3.8) is 0 Å². The van der Waals surface area contributed by atoms with E-state index in [0.717, 1.165) is 0 Å². The number of hydrogen-bond acceptors (Lipinski definition) is 5. The third kappa shape index (κ3) is 2.43. The normalized spacial score (nSPS) is 15.9. The molecule has 0 saturated heterocycles. The van der Waals surface area contributed by atoms with E-state index in [1.165, 1.54) is 22.0 Å². The monoisotopic (exact) mass is 325 g/mol. The summed E-state index contributed by atoms with van der Waals surface area (Å²) in [6.07, 6.45) is 1.90. The van der Waals surface area contributed by atoms with Crippen molar-refractivity contribution in [1.29, 1.82) is 0 Å². The van der Waals surface area contributed by atoms with Gasteiger partial charge in [-0.15, -0.1) is 11.3 Å². The maximum atomic E-state index is 12.5. The minimum absolute atomic E-state index is 0.0596. The Bertz CT molecular complexity index is 810. The number of thiophene rings is 1. The molecule has 0 aromatic carbocycles. The smallest absolute Gasteiger partial charge is 0.256 e. The molecule has 0 spiro atoms. The minimum atomic E-state index is -3.49. The lowest BCUT2D eigenvalue weighted by atomic mass is 10.1. The molecule has 1 aliphatic heterocycles. The van der Waals surface area contributed by atoms with Gasteiger partial charge in [0.25, 0.3) is 15.6 Å². The van der Waals surface area contributed by atoms with Crippen molar-refractivity contribution in [3.8, 4) is 0 Å². The molecule has 0 fully saturated rings. The first-order valence-corrected chi connectivity index (χ1v) is 8.97. The fourth-order valence-corrected chi connectivity index (χ4v) is 4.95. The van der Waals surface area contributed by atoms with Crippen LogP contribution in [-0.2, 0) is 29.5 Å². The van der Waals surface area contributed by atoms with Crippen LogP contribution in [0.3, 0.4) is 0 Å². The molecule has 0 amide bonds. The largest absolute Gasteiger partial charge is 0.299 e. The van der Waals surface area contributed by atoms with Crippen molar-refractivity contribution in [2.75, 3.05) is 6.54 Å². The minimum Gasteiger partial charge on any atom is -0.299 e. The van der Waals surface area contributed by atoms with Gasteiger partial charge in [-0.1, -0.05) is 6.07 Å². The summed E-state index contributed by atoms with van der Waals surface area (Å²) in [7, 11) is -3.49. The van der Waals surface area contributed by atoms with E-state index < -0.39 is 10.0 Å². The zero-order chi connectivity index (χ0) is 15.0. The van der Waals surface area contributed by atoms with Gasteiger partial charge in [0.2, 0.25) is 0 Å². The molecule has 2 aromatic rings. The van der Waals surface area contributed by atoms with Crippen LogP contribution in [0.4, 0.5) is 0 Å². The molecule has 2 aromatic heterocycles. The quantitative estimate of drug-likeness (QED) is 0.846. The molecule has 8 heteroatoms. The molecule has 0 radical (unpaired) electrons. The highest BCUT2D eigenvalue weighted by Crippen LogP contribution is 2.25. The summed E-state index contributed by atoms with van der Waals surface area (Å²) < 4.78 is 28.2. The van der Waals surface area contributed by atoms with Crippen LogP contribution in [0.15, 0.2) is 32.8 Å². The lowest BCUT2D eigenvalue weighted by Crippen LogP contribution is -2.40. The van der Waals surface area contributed by atoms with Crippen LogP contribution in [0.1, 0.15) is 18.2 Å². The van der Waals surface area contributed by atoms with E-state index in [9.17, 15) is 13.2 Å². The van der Waals surface area contributed by atoms with Crippen LogP contribution in [0.2, 0.25) is 0 Å². The van der Waals surface area contributed by atoms with E-state index in [2.05, 4.69) is 4.98 Å². The maximum Gasteiger partial charge on any atom is 0.256 e. The van der Waals surface area contributed by atoms with Gasteiger partial charge in [0.1, 0.15) is 4.21 Å². The summed E-state index contributed by atoms with van der Waals surface area (Å²) in [5, 5.41) is 1.74. The number of rotatable bonds is 3. The van der Waals surface area contributed by atoms with Crippen molar-refractivity contribution in [2.45, 2.75) is 30.6 Å². The van der Waals surface area contributed by atoms with Crippen molar-refractivity contribution in [1.82, 2.24) is 13.9 Å². The molecule has 112 valence electrons. The molecule has 3 heterocycles. The van der Waals surface area contributed by atoms with Gasteiger partial charge in [-0.05, 0) is 24.8 Å². The molecular formula is C13H15N3O3S2. The Morgan fingerprint density at radius 1 is 1.43 bits per heavy atom. The summed E-state index contributed by atoms with van der Waals surface area (Å²) in [5.41, 5.74) is 1.14. The third-order valence-corrected chi connectivity index (χ3v) is 6.81. The SMILES string of the molecule is CCn1cnc2c(c1=O)CCN(S(=O)(=O)c1cccs1)C2. The predicted octanol–water partition coefficient (Wildman–Crippen LogP) is 1.07. The number of hydrogen-bond donors (Lipinski definition) is 0. The van der Waals surface area contributed by atoms with Crippen LogP contribution >= 0.6 is 11.3 Å². The van der Waals surface area contributed by atoms with Gasteiger partial charge < -0.3 is 0 Å². The molecule has 6 nitrogen and oxygen atoms in total. The topological polar surface area (TPSA) is 72.3 Å². The first kappa shape index (κ1) is 14.4. The summed E-state index contributed by atoms with van der Waals surface area (Å²) in [6.45, 7) is 2.93. The lowest BCUT2D eigenvalue weighted by molar-refractivity contribution is 0.382. The number of fused-ring (bicyclic) bond motifs is 1. The Hall–Kier alpha value is -1.51. The van der Waals surface area contributed by atoms with E-state index >= 15 is 0 Å². The van der Waals surface area contributed by atoms with E-state index in [0.29, 0.717) is 35.0 Å². The second-order valence-electron chi connectivity index (χ2n) is 4.78. The fraction of sp³-hybridized carbons (Fsp3) is 0.385. The zero-order valence-corrected chi connectivity index (χ0v) is 13.2. The summed E-state index contributed by atoms with van der Waals surface area (Å²) in [5.74, 6) is 0. The number of aryl methyl sites for hydroxylation is 1. The Morgan fingerprint density at radius 3 is 2.90 bits per heavy atom. The fourth-order valence-electron chi connectivity index (χ4n) is 2.40. The van der Waals surface area contributed by atoms with Crippen LogP contribution in [0, 0.1) is 0 Å². The highest BCUT2D eigenvalue weighted by atomic mass is 32.2. The average Bonchev–Trinajstić information content (AvgIpc) is 3.02. The summed E-state index contributed by atoms with van der Waals surface area (Å²) >= 11 is 1.20. The molecule has 1 aliphatic rings. The summed E-state index contributed by atoms with van der Waals surface area (Å²) in [4.78, 5) is 16.4. The lowest BCUT2D eigenvalue weighted by Gasteiger charge is -2.26. The van der Waals surface area contributed by atoms with E-state index in [1.54, 1.807) is 22.1 Å². The number of sulfonamides is 1. The Kier molecular flexibility index (Phi) is 3.68. The first-order valence-electron chi connectivity index (χ1n) is 6.65. The molecule has 0 atom stereocenters. The number of nitrogens with zero attached hydrogens (tertiary/aromatic N) is 3. The van der Waals surface area contributed by atoms with Crippen molar-refractivity contribution < 1.29 is 8.42 Å². The molecular weight excluding hydrogens is 310 g/mol. The highest BCUT2D eigenvalue weighted by molar-refractivity contribution is 7.91. The molecule has 3 rings (SSSR count). The second-order valence-corrected chi connectivity index (χ2v) is 7.89. The van der Waals surface area contributed by atoms with Crippen LogP contribution in [-0.4, -0.2) is 28.8 Å². The Labute approximate surface area is 126 Å². The first-order chi connectivity index (χ1) is 10.0. The van der Waals surface area contributed by atoms with Gasteiger partial charge in [-0.2, -0.15) is 4.31 Å². The Balaban J connectivity index is 1.96. The van der Waals surface area contributed by atoms with Crippen molar-refractivity contribution >= 4 is 21.4 Å². The second kappa shape index (κ2) is 5.36. The maximum absolute atomic E-state index is 12.5. The predicted molar refractivity (Wildman–Crippen MR) is 79.8 cm³/mol. The van der Waals surface area contributed by atoms with Gasteiger partial charge in [-0.3, -0.25) is 9.36 Å². The van der Waals surface area contributed by atoms with E-state index in [-0.39, 0.29) is 12.1 Å². The molecule has 0 unspecified atom stereocenters. The van der Waals surface area contributed by atoms with Crippen molar-refractivity contribution in [2.24, 2.45) is 0 Å². The molecule has 21 heavy (non-hydrogen) atoms.